The van der Waals surface area contributed by atoms with Crippen molar-refractivity contribution in [2.24, 2.45) is 0 Å². The molecule has 0 aliphatic heterocycles. The molecule has 0 atom stereocenters. The second-order valence-corrected chi connectivity index (χ2v) is 3.68. The number of hydrogen-bond acceptors (Lipinski definition) is 3. The first-order chi connectivity index (χ1) is 8.56. The summed E-state index contributed by atoms with van der Waals surface area (Å²) in [5.74, 6) is -1.39. The van der Waals surface area contributed by atoms with Gasteiger partial charge in [-0.2, -0.15) is 0 Å². The van der Waals surface area contributed by atoms with Gasteiger partial charge in [-0.25, -0.2) is 9.18 Å². The Morgan fingerprint density at radius 3 is 2.72 bits per heavy atom. The van der Waals surface area contributed by atoms with Gasteiger partial charge in [0.25, 0.3) is 0 Å². The summed E-state index contributed by atoms with van der Waals surface area (Å²) >= 11 is 0. The van der Waals surface area contributed by atoms with Gasteiger partial charge in [-0.3, -0.25) is 4.98 Å². The lowest BCUT2D eigenvalue weighted by Crippen LogP contribution is -2.01. The summed E-state index contributed by atoms with van der Waals surface area (Å²) < 4.78 is 18.3. The summed E-state index contributed by atoms with van der Waals surface area (Å²) in [6.45, 7) is 1.82. The number of carboxylic acids is 1. The van der Waals surface area contributed by atoms with Gasteiger partial charge in [0.2, 0.25) is 0 Å². The Kier molecular flexibility index (Phi) is 3.23. The molecule has 0 radical (unpaired) electrons. The average molecular weight is 247 g/mol. The smallest absolute Gasteiger partial charge is 0.339 e. The number of benzene rings is 1. The predicted molar refractivity (Wildman–Crippen MR) is 62.4 cm³/mol. The number of aromatic nitrogens is 1. The van der Waals surface area contributed by atoms with Crippen molar-refractivity contribution in [1.29, 1.82) is 0 Å². The van der Waals surface area contributed by atoms with Gasteiger partial charge in [-0.05, 0) is 37.3 Å². The molecule has 0 bridgehead atoms. The summed E-state index contributed by atoms with van der Waals surface area (Å²) in [5.41, 5.74) is 0.593. The van der Waals surface area contributed by atoms with E-state index in [2.05, 4.69) is 4.98 Å². The van der Waals surface area contributed by atoms with Crippen LogP contribution < -0.4 is 4.74 Å². The minimum atomic E-state index is -1.25. The average Bonchev–Trinajstić information content (AvgIpc) is 2.34. The van der Waals surface area contributed by atoms with Crippen molar-refractivity contribution >= 4 is 5.97 Å². The van der Waals surface area contributed by atoms with Gasteiger partial charge in [0.1, 0.15) is 22.9 Å². The van der Waals surface area contributed by atoms with Crippen molar-refractivity contribution in [3.05, 3.63) is 53.6 Å². The molecule has 1 aromatic carbocycles. The van der Waals surface area contributed by atoms with E-state index in [-0.39, 0.29) is 11.3 Å². The summed E-state index contributed by atoms with van der Waals surface area (Å²) in [6, 6.07) is 6.73. The van der Waals surface area contributed by atoms with E-state index in [0.717, 1.165) is 17.8 Å². The maximum atomic E-state index is 13.0. The maximum absolute atomic E-state index is 13.0. The number of carboxylic acid groups (broad SMARTS) is 1. The van der Waals surface area contributed by atoms with Gasteiger partial charge in [0.05, 0.1) is 6.20 Å². The van der Waals surface area contributed by atoms with E-state index >= 15 is 0 Å². The zero-order valence-corrected chi connectivity index (χ0v) is 9.55. The third-order valence-electron chi connectivity index (χ3n) is 2.28. The van der Waals surface area contributed by atoms with Crippen LogP contribution in [-0.2, 0) is 0 Å². The Labute approximate surface area is 103 Å². The van der Waals surface area contributed by atoms with Crippen molar-refractivity contribution in [3.63, 3.8) is 0 Å². The highest BCUT2D eigenvalue weighted by molar-refractivity contribution is 5.91. The molecule has 2 aromatic rings. The minimum absolute atomic E-state index is 0.0783. The fourth-order valence-corrected chi connectivity index (χ4v) is 1.40. The van der Waals surface area contributed by atoms with E-state index < -0.39 is 11.8 Å². The van der Waals surface area contributed by atoms with Crippen LogP contribution in [0.15, 0.2) is 36.5 Å². The molecular weight excluding hydrogens is 237 g/mol. The van der Waals surface area contributed by atoms with Crippen LogP contribution >= 0.6 is 0 Å². The molecule has 0 saturated heterocycles. The van der Waals surface area contributed by atoms with E-state index in [1.807, 2.05) is 6.92 Å². The first-order valence-corrected chi connectivity index (χ1v) is 5.19. The standard InChI is InChI=1S/C13H10FNO3/c1-8-2-4-10(7-15-8)18-12-5-3-9(14)6-11(12)13(16)17/h2-7H,1H3,(H,16,17). The SMILES string of the molecule is Cc1ccc(Oc2ccc(F)cc2C(=O)O)cn1. The van der Waals surface area contributed by atoms with Crippen LogP contribution in [0.25, 0.3) is 0 Å². The number of pyridine rings is 1. The third kappa shape index (κ3) is 2.63. The maximum Gasteiger partial charge on any atom is 0.339 e. The molecule has 1 N–H and O–H groups in total. The number of carbonyl (C=O) groups is 1. The van der Waals surface area contributed by atoms with E-state index in [1.54, 1.807) is 12.1 Å². The molecular formula is C13H10FNO3. The molecule has 5 heteroatoms. The van der Waals surface area contributed by atoms with Crippen LogP contribution in [0.4, 0.5) is 4.39 Å². The summed E-state index contributed by atoms with van der Waals surface area (Å²) in [7, 11) is 0. The Hall–Kier alpha value is -2.43. The molecule has 1 aromatic heterocycles. The first-order valence-electron chi connectivity index (χ1n) is 5.19. The van der Waals surface area contributed by atoms with Crippen molar-refractivity contribution in [2.75, 3.05) is 0 Å². The largest absolute Gasteiger partial charge is 0.478 e. The fraction of sp³-hybridized carbons (Fsp3) is 0.0769. The molecule has 18 heavy (non-hydrogen) atoms. The van der Waals surface area contributed by atoms with E-state index in [0.29, 0.717) is 5.75 Å². The molecule has 0 saturated carbocycles. The number of ether oxygens (including phenoxy) is 1. The van der Waals surface area contributed by atoms with Crippen LogP contribution in [-0.4, -0.2) is 16.1 Å². The third-order valence-corrected chi connectivity index (χ3v) is 2.28. The van der Waals surface area contributed by atoms with E-state index in [9.17, 15) is 9.18 Å². The van der Waals surface area contributed by atoms with Crippen LogP contribution in [0.5, 0.6) is 11.5 Å². The van der Waals surface area contributed by atoms with Gasteiger partial charge in [-0.1, -0.05) is 0 Å². The number of aryl methyl sites for hydroxylation is 1. The summed E-state index contributed by atoms with van der Waals surface area (Å²) in [5, 5.41) is 8.95. The molecule has 0 fully saturated rings. The zero-order valence-electron chi connectivity index (χ0n) is 9.55. The van der Waals surface area contributed by atoms with Crippen molar-refractivity contribution in [3.8, 4) is 11.5 Å². The number of rotatable bonds is 3. The highest BCUT2D eigenvalue weighted by Gasteiger charge is 2.13. The first kappa shape index (κ1) is 12.0. The monoisotopic (exact) mass is 247 g/mol. The normalized spacial score (nSPS) is 10.1. The molecule has 0 aliphatic rings. The molecule has 0 aliphatic carbocycles. The molecule has 2 rings (SSSR count). The molecule has 92 valence electrons. The van der Waals surface area contributed by atoms with Gasteiger partial charge in [0.15, 0.2) is 0 Å². The van der Waals surface area contributed by atoms with Gasteiger partial charge in [0, 0.05) is 5.69 Å². The van der Waals surface area contributed by atoms with E-state index in [1.165, 1.54) is 12.3 Å². The number of aromatic carboxylic acids is 1. The number of hydrogen-bond donors (Lipinski definition) is 1. The topological polar surface area (TPSA) is 59.4 Å². The molecule has 0 amide bonds. The summed E-state index contributed by atoms with van der Waals surface area (Å²) in [4.78, 5) is 15.0. The molecule has 0 spiro atoms. The van der Waals surface area contributed by atoms with Crippen LogP contribution in [0.1, 0.15) is 16.1 Å². The molecule has 1 heterocycles. The lowest BCUT2D eigenvalue weighted by Gasteiger charge is -2.08. The molecule has 4 nitrogen and oxygen atoms in total. The van der Waals surface area contributed by atoms with Crippen LogP contribution in [0.2, 0.25) is 0 Å². The van der Waals surface area contributed by atoms with Crippen molar-refractivity contribution in [2.45, 2.75) is 6.92 Å². The van der Waals surface area contributed by atoms with Crippen molar-refractivity contribution < 1.29 is 19.0 Å². The highest BCUT2D eigenvalue weighted by Crippen LogP contribution is 2.25. The zero-order chi connectivity index (χ0) is 13.1. The highest BCUT2D eigenvalue weighted by atomic mass is 19.1. The Morgan fingerprint density at radius 2 is 2.11 bits per heavy atom. The quantitative estimate of drug-likeness (QED) is 0.905. The van der Waals surface area contributed by atoms with Crippen LogP contribution in [0, 0.1) is 12.7 Å². The van der Waals surface area contributed by atoms with Crippen molar-refractivity contribution in [1.82, 2.24) is 4.98 Å². The minimum Gasteiger partial charge on any atom is -0.478 e. The Bertz CT molecular complexity index is 581. The number of nitrogens with zero attached hydrogens (tertiary/aromatic N) is 1. The Morgan fingerprint density at radius 1 is 1.33 bits per heavy atom. The predicted octanol–water partition coefficient (Wildman–Crippen LogP) is 3.02. The lowest BCUT2D eigenvalue weighted by molar-refractivity contribution is 0.0693. The number of halogens is 1. The van der Waals surface area contributed by atoms with E-state index in [4.69, 9.17) is 9.84 Å². The lowest BCUT2D eigenvalue weighted by atomic mass is 10.2. The van der Waals surface area contributed by atoms with Gasteiger partial charge in [-0.15, -0.1) is 0 Å². The second-order valence-electron chi connectivity index (χ2n) is 3.68. The summed E-state index contributed by atoms with van der Waals surface area (Å²) in [6.07, 6.45) is 1.48. The molecule has 0 unspecified atom stereocenters. The Balaban J connectivity index is 2.34. The van der Waals surface area contributed by atoms with Gasteiger partial charge < -0.3 is 9.84 Å². The fourth-order valence-electron chi connectivity index (χ4n) is 1.40. The van der Waals surface area contributed by atoms with Crippen LogP contribution in [0.3, 0.4) is 0 Å². The van der Waals surface area contributed by atoms with Gasteiger partial charge >= 0.3 is 5.97 Å². The second kappa shape index (κ2) is 4.83.